The van der Waals surface area contributed by atoms with Crippen LogP contribution in [0.1, 0.15) is 24.1 Å². The molecule has 0 spiro atoms. The number of rotatable bonds is 3. The maximum atomic E-state index is 12.8. The third-order valence-electron chi connectivity index (χ3n) is 5.60. The van der Waals surface area contributed by atoms with Crippen LogP contribution in [0.3, 0.4) is 0 Å². The molecular weight excluding hydrogens is 460 g/mol. The first kappa shape index (κ1) is 22.3. The molecule has 170 valence electrons. The zero-order chi connectivity index (χ0) is 23.0. The van der Waals surface area contributed by atoms with Crippen LogP contribution in [0.2, 0.25) is 5.02 Å². The molecule has 3 heterocycles. The van der Waals surface area contributed by atoms with Crippen molar-refractivity contribution in [3.63, 3.8) is 0 Å². The number of halogens is 1. The molecule has 32 heavy (non-hydrogen) atoms. The van der Waals surface area contributed by atoms with Gasteiger partial charge >= 0.3 is 17.8 Å². The largest absolute Gasteiger partial charge is 0.469 e. The van der Waals surface area contributed by atoms with Crippen molar-refractivity contribution in [2.45, 2.75) is 24.3 Å². The minimum atomic E-state index is -3.37. The lowest BCUT2D eigenvalue weighted by molar-refractivity contribution is -0.150. The Hall–Kier alpha value is -2.92. The second-order valence-corrected chi connectivity index (χ2v) is 10.2. The van der Waals surface area contributed by atoms with Crippen molar-refractivity contribution >= 4 is 45.0 Å². The summed E-state index contributed by atoms with van der Waals surface area (Å²) in [5, 5.41) is 7.43. The Labute approximate surface area is 189 Å². The van der Waals surface area contributed by atoms with Gasteiger partial charge in [0.05, 0.1) is 35.9 Å². The van der Waals surface area contributed by atoms with E-state index in [1.807, 2.05) is 0 Å². The number of anilines is 1. The van der Waals surface area contributed by atoms with Crippen LogP contribution in [0.5, 0.6) is 0 Å². The van der Waals surface area contributed by atoms with Gasteiger partial charge in [-0.15, -0.1) is 0 Å². The number of amides is 2. The Kier molecular flexibility index (Phi) is 5.95. The molecule has 2 aliphatic rings. The van der Waals surface area contributed by atoms with Crippen molar-refractivity contribution in [2.75, 3.05) is 25.5 Å². The van der Waals surface area contributed by atoms with E-state index < -0.39 is 21.7 Å². The number of esters is 1. The second-order valence-electron chi connectivity index (χ2n) is 7.74. The van der Waals surface area contributed by atoms with E-state index in [1.54, 1.807) is 24.3 Å². The number of carbonyl (C=O) groups excluding carboxylic acids is 3. The minimum absolute atomic E-state index is 0.145. The molecule has 1 saturated heterocycles. The summed E-state index contributed by atoms with van der Waals surface area (Å²) in [6.07, 6.45) is 0.810. The first-order valence-electron chi connectivity index (χ1n) is 9.93. The molecule has 1 fully saturated rings. The summed E-state index contributed by atoms with van der Waals surface area (Å²) in [4.78, 5) is 38.5. The number of nitrogens with one attached hydrogen (secondary N) is 1. The van der Waals surface area contributed by atoms with E-state index in [2.05, 4.69) is 10.4 Å². The molecule has 2 aliphatic heterocycles. The molecule has 0 radical (unpaired) electrons. The zero-order valence-electron chi connectivity index (χ0n) is 17.2. The lowest BCUT2D eigenvalue weighted by atomic mass is 9.97. The standard InChI is InChI=1S/C20H21ClN4O6S/c1-31-20(28)12-6-8-24(9-7-12)19(27)18(26)22-17-15-10-32(29,30)11-16(15)23-25(17)14-4-2-13(21)3-5-14/h2-5,12H,6-11H2,1H3,(H,22,26). The number of benzene rings is 1. The average Bonchev–Trinajstić information content (AvgIpc) is 3.25. The van der Waals surface area contributed by atoms with E-state index >= 15 is 0 Å². The molecule has 0 aliphatic carbocycles. The molecule has 1 aromatic carbocycles. The Bertz CT molecular complexity index is 1180. The Morgan fingerprint density at radius 2 is 1.78 bits per heavy atom. The summed E-state index contributed by atoms with van der Waals surface area (Å²) in [5.41, 5.74) is 1.26. The van der Waals surface area contributed by atoms with Crippen LogP contribution in [-0.2, 0) is 40.5 Å². The van der Waals surface area contributed by atoms with Gasteiger partial charge in [-0.2, -0.15) is 5.10 Å². The van der Waals surface area contributed by atoms with Crippen molar-refractivity contribution in [1.82, 2.24) is 14.7 Å². The normalized spacial score (nSPS) is 17.6. The first-order valence-corrected chi connectivity index (χ1v) is 12.1. The quantitative estimate of drug-likeness (QED) is 0.518. The minimum Gasteiger partial charge on any atom is -0.469 e. The van der Waals surface area contributed by atoms with E-state index in [0.717, 1.165) is 0 Å². The summed E-state index contributed by atoms with van der Waals surface area (Å²) >= 11 is 5.94. The topological polar surface area (TPSA) is 128 Å². The Morgan fingerprint density at radius 3 is 2.41 bits per heavy atom. The molecule has 0 unspecified atom stereocenters. The van der Waals surface area contributed by atoms with Crippen molar-refractivity contribution in [3.05, 3.63) is 40.5 Å². The van der Waals surface area contributed by atoms with Crippen molar-refractivity contribution in [3.8, 4) is 5.69 Å². The van der Waals surface area contributed by atoms with E-state index in [1.165, 1.54) is 16.7 Å². The lowest BCUT2D eigenvalue weighted by Crippen LogP contribution is -2.45. The number of hydrogen-bond acceptors (Lipinski definition) is 7. The van der Waals surface area contributed by atoms with E-state index in [-0.39, 0.29) is 42.3 Å². The first-order chi connectivity index (χ1) is 15.2. The molecule has 0 atom stereocenters. The van der Waals surface area contributed by atoms with Crippen molar-refractivity contribution in [1.29, 1.82) is 0 Å². The molecule has 10 nitrogen and oxygen atoms in total. The smallest absolute Gasteiger partial charge is 0.315 e. The van der Waals surface area contributed by atoms with E-state index in [0.29, 0.717) is 34.8 Å². The van der Waals surface area contributed by atoms with E-state index in [4.69, 9.17) is 16.3 Å². The molecule has 0 saturated carbocycles. The highest BCUT2D eigenvalue weighted by molar-refractivity contribution is 7.90. The zero-order valence-corrected chi connectivity index (χ0v) is 18.8. The average molecular weight is 481 g/mol. The lowest BCUT2D eigenvalue weighted by Gasteiger charge is -2.30. The highest BCUT2D eigenvalue weighted by atomic mass is 35.5. The Morgan fingerprint density at radius 1 is 1.12 bits per heavy atom. The monoisotopic (exact) mass is 480 g/mol. The SMILES string of the molecule is COC(=O)C1CCN(C(=O)C(=O)Nc2c3c(nn2-c2ccc(Cl)cc2)CS(=O)(=O)C3)CC1. The maximum absolute atomic E-state index is 12.8. The number of sulfone groups is 1. The van der Waals surface area contributed by atoms with Crippen LogP contribution < -0.4 is 5.32 Å². The van der Waals surface area contributed by atoms with Gasteiger partial charge in [0.2, 0.25) is 0 Å². The Balaban J connectivity index is 1.56. The van der Waals surface area contributed by atoms with Gasteiger partial charge in [-0.3, -0.25) is 14.4 Å². The van der Waals surface area contributed by atoms with Gasteiger partial charge in [0.1, 0.15) is 5.82 Å². The number of hydrogen-bond donors (Lipinski definition) is 1. The number of ether oxygens (including phenoxy) is 1. The third-order valence-corrected chi connectivity index (χ3v) is 7.30. The van der Waals surface area contributed by atoms with Gasteiger partial charge in [-0.25, -0.2) is 13.1 Å². The number of fused-ring (bicyclic) bond motifs is 1. The van der Waals surface area contributed by atoms with Gasteiger partial charge in [0.15, 0.2) is 9.84 Å². The number of nitrogens with zero attached hydrogens (tertiary/aromatic N) is 3. The number of likely N-dealkylation sites (tertiary alicyclic amines) is 1. The van der Waals surface area contributed by atoms with Gasteiger partial charge in [0.25, 0.3) is 0 Å². The van der Waals surface area contributed by atoms with Gasteiger partial charge in [-0.05, 0) is 37.1 Å². The molecule has 0 bridgehead atoms. The molecule has 1 N–H and O–H groups in total. The van der Waals surface area contributed by atoms with Crippen molar-refractivity contribution in [2.24, 2.45) is 5.92 Å². The molecule has 12 heteroatoms. The molecule has 4 rings (SSSR count). The van der Waals surface area contributed by atoms with Gasteiger partial charge < -0.3 is 15.0 Å². The van der Waals surface area contributed by atoms with Crippen LogP contribution in [0.25, 0.3) is 5.69 Å². The summed E-state index contributed by atoms with van der Waals surface area (Å²) in [5.74, 6) is -2.65. The number of carbonyl (C=O) groups is 3. The predicted molar refractivity (Wildman–Crippen MR) is 115 cm³/mol. The van der Waals surface area contributed by atoms with Crippen LogP contribution in [-0.4, -0.2) is 61.1 Å². The summed E-state index contributed by atoms with van der Waals surface area (Å²) in [7, 11) is -2.06. The fraction of sp³-hybridized carbons (Fsp3) is 0.400. The van der Waals surface area contributed by atoms with Crippen molar-refractivity contribution < 1.29 is 27.5 Å². The highest BCUT2D eigenvalue weighted by Crippen LogP contribution is 2.33. The van der Waals surface area contributed by atoms with Gasteiger partial charge in [0, 0.05) is 23.7 Å². The maximum Gasteiger partial charge on any atom is 0.315 e. The number of aromatic nitrogens is 2. The fourth-order valence-corrected chi connectivity index (χ4v) is 5.55. The molecular formula is C20H21ClN4O6S. The predicted octanol–water partition coefficient (Wildman–Crippen LogP) is 1.30. The van der Waals surface area contributed by atoms with E-state index in [9.17, 15) is 22.8 Å². The number of methoxy groups -OCH3 is 1. The fourth-order valence-electron chi connectivity index (χ4n) is 3.93. The van der Waals surface area contributed by atoms with Crippen LogP contribution in [0.4, 0.5) is 5.82 Å². The third kappa shape index (κ3) is 4.35. The molecule has 2 aromatic rings. The van der Waals surface area contributed by atoms with Crippen LogP contribution in [0.15, 0.2) is 24.3 Å². The summed E-state index contributed by atoms with van der Waals surface area (Å²) in [6.45, 7) is 0.490. The summed E-state index contributed by atoms with van der Waals surface area (Å²) < 4.78 is 30.3. The van der Waals surface area contributed by atoms with Crippen LogP contribution >= 0.6 is 11.6 Å². The molecule has 2 amide bonds. The summed E-state index contributed by atoms with van der Waals surface area (Å²) in [6, 6.07) is 6.63. The highest BCUT2D eigenvalue weighted by Gasteiger charge is 2.35. The van der Waals surface area contributed by atoms with Crippen LogP contribution in [0, 0.1) is 5.92 Å². The van der Waals surface area contributed by atoms with Gasteiger partial charge in [-0.1, -0.05) is 11.6 Å². The molecule has 1 aromatic heterocycles. The number of piperidine rings is 1. The second kappa shape index (κ2) is 8.55.